The first-order valence-corrected chi connectivity index (χ1v) is 11.1. The summed E-state index contributed by atoms with van der Waals surface area (Å²) in [6, 6.07) is 8.14. The van der Waals surface area contributed by atoms with Gasteiger partial charge in [0.15, 0.2) is 5.75 Å². The Hall–Kier alpha value is -2.35. The molecule has 0 aliphatic heterocycles. The minimum absolute atomic E-state index is 0.0168. The Balaban J connectivity index is 2.00. The number of carbonyl (C=O) groups is 1. The van der Waals surface area contributed by atoms with Crippen LogP contribution in [0.25, 0.3) is 0 Å². The molecule has 0 saturated carbocycles. The van der Waals surface area contributed by atoms with Crippen LogP contribution in [0.5, 0.6) is 5.75 Å². The second-order valence-corrected chi connectivity index (χ2v) is 8.60. The molecule has 32 heavy (non-hydrogen) atoms. The van der Waals surface area contributed by atoms with Gasteiger partial charge in [-0.25, -0.2) is 4.79 Å². The zero-order valence-electron chi connectivity index (χ0n) is 18.2. The molecule has 2 aromatic rings. The number of benzene rings is 2. The monoisotopic (exact) mass is 481 g/mol. The molecule has 1 aliphatic rings. The number of esters is 1. The SMILES string of the molecule is CCOC(=O)c1cc([N+](=O)[O-])c(OC[C@@]2(C(C)OC)CCCc3cc(Cl)ccc32)cc1Cl. The predicted octanol–water partition coefficient (Wildman–Crippen LogP) is 5.77. The summed E-state index contributed by atoms with van der Waals surface area (Å²) in [5.41, 5.74) is 1.20. The van der Waals surface area contributed by atoms with Crippen molar-refractivity contribution in [1.82, 2.24) is 0 Å². The third-order valence-corrected chi connectivity index (χ3v) is 6.58. The molecule has 9 heteroatoms. The van der Waals surface area contributed by atoms with E-state index in [1.165, 1.54) is 6.07 Å². The minimum atomic E-state index is -0.727. The summed E-state index contributed by atoms with van der Waals surface area (Å²) in [6.07, 6.45) is 2.33. The van der Waals surface area contributed by atoms with Crippen molar-refractivity contribution in [2.45, 2.75) is 44.6 Å². The molecule has 1 aliphatic carbocycles. The van der Waals surface area contributed by atoms with Crippen LogP contribution in [0.3, 0.4) is 0 Å². The molecule has 1 unspecified atom stereocenters. The molecule has 0 bridgehead atoms. The summed E-state index contributed by atoms with van der Waals surface area (Å²) in [4.78, 5) is 23.2. The van der Waals surface area contributed by atoms with E-state index in [-0.39, 0.29) is 41.3 Å². The second-order valence-electron chi connectivity index (χ2n) is 7.76. The van der Waals surface area contributed by atoms with Crippen LogP contribution < -0.4 is 4.74 Å². The Labute approximate surface area is 196 Å². The van der Waals surface area contributed by atoms with Crippen molar-refractivity contribution in [3.63, 3.8) is 0 Å². The number of fused-ring (bicyclic) bond motifs is 1. The van der Waals surface area contributed by atoms with E-state index < -0.39 is 16.3 Å². The smallest absolute Gasteiger partial charge is 0.339 e. The lowest BCUT2D eigenvalue weighted by Gasteiger charge is -2.42. The maximum absolute atomic E-state index is 12.1. The Morgan fingerprint density at radius 3 is 2.69 bits per heavy atom. The molecule has 172 valence electrons. The molecule has 2 aromatic carbocycles. The van der Waals surface area contributed by atoms with E-state index in [1.54, 1.807) is 14.0 Å². The van der Waals surface area contributed by atoms with Gasteiger partial charge in [-0.1, -0.05) is 29.3 Å². The van der Waals surface area contributed by atoms with Gasteiger partial charge in [0, 0.05) is 24.3 Å². The van der Waals surface area contributed by atoms with Crippen LogP contribution >= 0.6 is 23.2 Å². The van der Waals surface area contributed by atoms with E-state index in [0.29, 0.717) is 5.02 Å². The van der Waals surface area contributed by atoms with Crippen LogP contribution in [-0.2, 0) is 21.3 Å². The van der Waals surface area contributed by atoms with Crippen molar-refractivity contribution >= 4 is 34.9 Å². The van der Waals surface area contributed by atoms with E-state index in [9.17, 15) is 14.9 Å². The van der Waals surface area contributed by atoms with Crippen molar-refractivity contribution in [1.29, 1.82) is 0 Å². The van der Waals surface area contributed by atoms with Gasteiger partial charge in [-0.15, -0.1) is 0 Å². The highest BCUT2D eigenvalue weighted by molar-refractivity contribution is 6.33. The third kappa shape index (κ3) is 4.70. The molecule has 0 aromatic heterocycles. The molecular formula is C23H25Cl2NO6. The lowest BCUT2D eigenvalue weighted by molar-refractivity contribution is -0.386. The maximum Gasteiger partial charge on any atom is 0.339 e. The summed E-state index contributed by atoms with van der Waals surface area (Å²) in [6.45, 7) is 3.86. The van der Waals surface area contributed by atoms with E-state index in [2.05, 4.69) is 0 Å². The fraction of sp³-hybridized carbons (Fsp3) is 0.435. The second kappa shape index (κ2) is 10.1. The number of ether oxygens (including phenoxy) is 3. The number of nitrogens with zero attached hydrogens (tertiary/aromatic N) is 1. The zero-order chi connectivity index (χ0) is 23.5. The molecule has 0 spiro atoms. The van der Waals surface area contributed by atoms with Crippen LogP contribution in [-0.4, -0.2) is 37.3 Å². The van der Waals surface area contributed by atoms with Crippen LogP contribution in [0.1, 0.15) is 48.2 Å². The van der Waals surface area contributed by atoms with E-state index in [0.717, 1.165) is 36.5 Å². The van der Waals surface area contributed by atoms with Gasteiger partial charge in [-0.05, 0) is 56.4 Å². The zero-order valence-corrected chi connectivity index (χ0v) is 19.7. The lowest BCUT2D eigenvalue weighted by atomic mass is 9.67. The first-order valence-electron chi connectivity index (χ1n) is 10.3. The normalized spacial score (nSPS) is 18.5. The van der Waals surface area contributed by atoms with Crippen molar-refractivity contribution in [2.75, 3.05) is 20.3 Å². The van der Waals surface area contributed by atoms with Gasteiger partial charge in [-0.3, -0.25) is 10.1 Å². The molecule has 3 rings (SSSR count). The highest BCUT2D eigenvalue weighted by Gasteiger charge is 2.43. The molecule has 2 atom stereocenters. The average molecular weight is 482 g/mol. The number of nitro groups is 1. The summed E-state index contributed by atoms with van der Waals surface area (Å²) in [5.74, 6) is -0.744. The Bertz CT molecular complexity index is 1030. The van der Waals surface area contributed by atoms with Gasteiger partial charge < -0.3 is 14.2 Å². The van der Waals surface area contributed by atoms with E-state index >= 15 is 0 Å². The van der Waals surface area contributed by atoms with Crippen LogP contribution in [0.4, 0.5) is 5.69 Å². The fourth-order valence-electron chi connectivity index (χ4n) is 4.27. The topological polar surface area (TPSA) is 87.9 Å². The van der Waals surface area contributed by atoms with E-state index in [4.69, 9.17) is 37.4 Å². The first-order chi connectivity index (χ1) is 15.2. The van der Waals surface area contributed by atoms with Gasteiger partial charge >= 0.3 is 11.7 Å². The van der Waals surface area contributed by atoms with Gasteiger partial charge in [0.2, 0.25) is 0 Å². The highest BCUT2D eigenvalue weighted by atomic mass is 35.5. The highest BCUT2D eigenvalue weighted by Crippen LogP contribution is 2.43. The number of carbonyl (C=O) groups excluding carboxylic acids is 1. The summed E-state index contributed by atoms with van der Waals surface area (Å²) >= 11 is 12.4. The Morgan fingerprint density at radius 1 is 1.28 bits per heavy atom. The quantitative estimate of drug-likeness (QED) is 0.270. The molecule has 0 amide bonds. The first kappa shape index (κ1) is 24.3. The van der Waals surface area contributed by atoms with Gasteiger partial charge in [0.05, 0.1) is 33.6 Å². The number of hydrogen-bond donors (Lipinski definition) is 0. The third-order valence-electron chi connectivity index (χ3n) is 6.03. The predicted molar refractivity (Wildman–Crippen MR) is 122 cm³/mol. The number of hydrogen-bond acceptors (Lipinski definition) is 6. The van der Waals surface area contributed by atoms with Crippen molar-refractivity contribution < 1.29 is 23.9 Å². The van der Waals surface area contributed by atoms with Crippen LogP contribution in [0.2, 0.25) is 10.0 Å². The molecule has 0 fully saturated rings. The maximum atomic E-state index is 12.1. The molecule has 0 radical (unpaired) electrons. The van der Waals surface area contributed by atoms with Crippen molar-refractivity contribution in [2.24, 2.45) is 0 Å². The molecule has 0 heterocycles. The lowest BCUT2D eigenvalue weighted by Crippen LogP contribution is -2.46. The number of rotatable bonds is 8. The minimum Gasteiger partial charge on any atom is -0.486 e. The largest absolute Gasteiger partial charge is 0.486 e. The van der Waals surface area contributed by atoms with Crippen LogP contribution in [0, 0.1) is 10.1 Å². The van der Waals surface area contributed by atoms with Crippen molar-refractivity contribution in [3.05, 3.63) is 67.2 Å². The van der Waals surface area contributed by atoms with Gasteiger partial charge in [-0.2, -0.15) is 0 Å². The Kier molecular flexibility index (Phi) is 7.64. The number of methoxy groups -OCH3 is 1. The summed E-state index contributed by atoms with van der Waals surface area (Å²) in [7, 11) is 1.63. The van der Waals surface area contributed by atoms with E-state index in [1.807, 2.05) is 25.1 Å². The van der Waals surface area contributed by atoms with Gasteiger partial charge in [0.25, 0.3) is 0 Å². The number of nitro benzene ring substituents is 1. The standard InChI is InChI=1S/C23H25Cl2NO6/c1-4-31-22(27)17-11-20(26(28)29)21(12-19(17)25)32-13-23(14(2)30-3)9-5-6-15-10-16(24)7-8-18(15)23/h7-8,10-12,14H,4-6,9,13H2,1-3H3/t14?,23-/m1/s1. The van der Waals surface area contributed by atoms with Crippen LogP contribution in [0.15, 0.2) is 30.3 Å². The molecular weight excluding hydrogens is 457 g/mol. The molecule has 7 nitrogen and oxygen atoms in total. The Morgan fingerprint density at radius 2 is 2.03 bits per heavy atom. The summed E-state index contributed by atoms with van der Waals surface area (Å²) in [5, 5.41) is 12.4. The number of aryl methyl sites for hydroxylation is 1. The van der Waals surface area contributed by atoms with Crippen molar-refractivity contribution in [3.8, 4) is 5.75 Å². The molecule has 0 N–H and O–H groups in total. The van der Waals surface area contributed by atoms with Gasteiger partial charge in [0.1, 0.15) is 6.61 Å². The molecule has 0 saturated heterocycles. The summed E-state index contributed by atoms with van der Waals surface area (Å²) < 4.78 is 16.7. The fourth-order valence-corrected chi connectivity index (χ4v) is 4.70. The number of halogens is 2. The average Bonchev–Trinajstić information content (AvgIpc) is 2.76.